The number of pyridine rings is 1. The van der Waals surface area contributed by atoms with Crippen LogP contribution in [0.3, 0.4) is 0 Å². The fourth-order valence-electron chi connectivity index (χ4n) is 3.12. The third-order valence-corrected chi connectivity index (χ3v) is 4.12. The summed E-state index contributed by atoms with van der Waals surface area (Å²) < 4.78 is 0. The van der Waals surface area contributed by atoms with Gasteiger partial charge in [-0.05, 0) is 31.0 Å². The molecule has 1 fully saturated rings. The molecule has 0 spiro atoms. The number of aromatic nitrogens is 3. The molecule has 0 aliphatic carbocycles. The first-order valence-electron chi connectivity index (χ1n) is 7.79. The number of rotatable bonds is 5. The minimum Gasteiger partial charge on any atom is -0.354 e. The Bertz CT molecular complexity index is 681. The Labute approximate surface area is 136 Å². The minimum absolute atomic E-state index is 0.414. The van der Waals surface area contributed by atoms with Gasteiger partial charge in [-0.1, -0.05) is 6.07 Å². The second-order valence-electron chi connectivity index (χ2n) is 6.00. The highest BCUT2D eigenvalue weighted by Crippen LogP contribution is 2.24. The Morgan fingerprint density at radius 2 is 2.22 bits per heavy atom. The van der Waals surface area contributed by atoms with Gasteiger partial charge >= 0.3 is 0 Å². The average Bonchev–Trinajstić information content (AvgIpc) is 3.03. The third kappa shape index (κ3) is 3.82. The molecule has 2 aromatic heterocycles. The summed E-state index contributed by atoms with van der Waals surface area (Å²) in [5.41, 5.74) is 1.64. The van der Waals surface area contributed by atoms with Crippen molar-refractivity contribution in [3.8, 4) is 6.07 Å². The van der Waals surface area contributed by atoms with Crippen LogP contribution in [0.1, 0.15) is 17.7 Å². The van der Waals surface area contributed by atoms with E-state index in [1.165, 1.54) is 5.56 Å². The second kappa shape index (κ2) is 7.16. The zero-order chi connectivity index (χ0) is 16.1. The van der Waals surface area contributed by atoms with Crippen LogP contribution in [0.4, 0.5) is 5.82 Å². The zero-order valence-corrected chi connectivity index (χ0v) is 13.3. The van der Waals surface area contributed by atoms with Crippen molar-refractivity contribution in [3.05, 3.63) is 48.2 Å². The molecule has 0 radical (unpaired) electrons. The highest BCUT2D eigenvalue weighted by molar-refractivity contribution is 5.50. The highest BCUT2D eigenvalue weighted by atomic mass is 15.2. The van der Waals surface area contributed by atoms with E-state index in [9.17, 15) is 0 Å². The molecule has 3 heterocycles. The van der Waals surface area contributed by atoms with Gasteiger partial charge in [0.05, 0.1) is 0 Å². The molecule has 0 aromatic carbocycles. The highest BCUT2D eigenvalue weighted by Gasteiger charge is 2.26. The molecule has 2 aromatic rings. The van der Waals surface area contributed by atoms with Crippen molar-refractivity contribution in [2.24, 2.45) is 5.92 Å². The van der Waals surface area contributed by atoms with Gasteiger partial charge in [-0.2, -0.15) is 5.26 Å². The summed E-state index contributed by atoms with van der Waals surface area (Å²) in [6.45, 7) is 3.77. The van der Waals surface area contributed by atoms with Crippen LogP contribution in [0.5, 0.6) is 0 Å². The van der Waals surface area contributed by atoms with E-state index in [2.05, 4.69) is 43.9 Å². The van der Waals surface area contributed by atoms with Gasteiger partial charge in [0, 0.05) is 51.0 Å². The van der Waals surface area contributed by atoms with Gasteiger partial charge in [0.2, 0.25) is 0 Å². The van der Waals surface area contributed by atoms with Crippen LogP contribution in [0.15, 0.2) is 36.9 Å². The van der Waals surface area contributed by atoms with Gasteiger partial charge < -0.3 is 9.80 Å². The Kier molecular flexibility index (Phi) is 4.79. The Morgan fingerprint density at radius 1 is 1.35 bits per heavy atom. The molecule has 23 heavy (non-hydrogen) atoms. The fraction of sp³-hybridized carbons (Fsp3) is 0.412. The van der Waals surface area contributed by atoms with Gasteiger partial charge in [-0.25, -0.2) is 9.97 Å². The maximum atomic E-state index is 9.16. The third-order valence-electron chi connectivity index (χ3n) is 4.12. The SMILES string of the molecule is CN(Cc1cccnc1)C[C@@H]1CCN(c2nccnc2C#N)C1. The molecule has 1 aliphatic rings. The molecule has 1 saturated heterocycles. The van der Waals surface area contributed by atoms with E-state index >= 15 is 0 Å². The lowest BCUT2D eigenvalue weighted by molar-refractivity contribution is 0.279. The van der Waals surface area contributed by atoms with Crippen molar-refractivity contribution in [2.75, 3.05) is 31.6 Å². The number of nitrogens with zero attached hydrogens (tertiary/aromatic N) is 6. The molecule has 6 heteroatoms. The van der Waals surface area contributed by atoms with Gasteiger partial charge in [-0.3, -0.25) is 4.98 Å². The summed E-state index contributed by atoms with van der Waals surface area (Å²) in [4.78, 5) is 17.1. The van der Waals surface area contributed by atoms with Crippen molar-refractivity contribution in [1.82, 2.24) is 19.9 Å². The van der Waals surface area contributed by atoms with Gasteiger partial charge in [-0.15, -0.1) is 0 Å². The molecule has 0 bridgehead atoms. The van der Waals surface area contributed by atoms with Crippen LogP contribution in [-0.4, -0.2) is 46.5 Å². The molecule has 0 unspecified atom stereocenters. The molecule has 1 aliphatic heterocycles. The summed E-state index contributed by atoms with van der Waals surface area (Å²) >= 11 is 0. The summed E-state index contributed by atoms with van der Waals surface area (Å²) in [7, 11) is 2.14. The van der Waals surface area contributed by atoms with Crippen molar-refractivity contribution in [3.63, 3.8) is 0 Å². The lowest BCUT2D eigenvalue weighted by atomic mass is 10.1. The average molecular weight is 308 g/mol. The molecular weight excluding hydrogens is 288 g/mol. The summed E-state index contributed by atoms with van der Waals surface area (Å²) in [5, 5.41) is 9.16. The van der Waals surface area contributed by atoms with Crippen molar-refractivity contribution < 1.29 is 0 Å². The maximum Gasteiger partial charge on any atom is 0.183 e. The van der Waals surface area contributed by atoms with E-state index in [0.717, 1.165) is 32.6 Å². The monoisotopic (exact) mass is 308 g/mol. The van der Waals surface area contributed by atoms with Crippen molar-refractivity contribution in [2.45, 2.75) is 13.0 Å². The van der Waals surface area contributed by atoms with Crippen LogP contribution in [-0.2, 0) is 6.54 Å². The number of nitriles is 1. The van der Waals surface area contributed by atoms with E-state index in [0.29, 0.717) is 17.4 Å². The molecular formula is C17H20N6. The molecule has 0 N–H and O–H groups in total. The molecule has 1 atom stereocenters. The Hall–Kier alpha value is -2.52. The topological polar surface area (TPSA) is 68.9 Å². The second-order valence-corrected chi connectivity index (χ2v) is 6.00. The summed E-state index contributed by atoms with van der Waals surface area (Å²) in [5.74, 6) is 1.29. The summed E-state index contributed by atoms with van der Waals surface area (Å²) in [6, 6.07) is 6.20. The molecule has 3 rings (SSSR count). The Balaban J connectivity index is 1.57. The van der Waals surface area contributed by atoms with E-state index < -0.39 is 0 Å². The number of hydrogen-bond donors (Lipinski definition) is 0. The van der Waals surface area contributed by atoms with E-state index in [1.54, 1.807) is 18.6 Å². The van der Waals surface area contributed by atoms with Crippen LogP contribution in [0.25, 0.3) is 0 Å². The minimum atomic E-state index is 0.414. The van der Waals surface area contributed by atoms with Crippen LogP contribution < -0.4 is 4.90 Å². The van der Waals surface area contributed by atoms with Gasteiger partial charge in [0.15, 0.2) is 11.5 Å². The lowest BCUT2D eigenvalue weighted by Crippen LogP contribution is -2.28. The van der Waals surface area contributed by atoms with E-state index in [1.807, 2.05) is 12.3 Å². The quantitative estimate of drug-likeness (QED) is 0.837. The first-order chi connectivity index (χ1) is 11.3. The predicted octanol–water partition coefficient (Wildman–Crippen LogP) is 1.70. The zero-order valence-electron chi connectivity index (χ0n) is 13.3. The fourth-order valence-corrected chi connectivity index (χ4v) is 3.12. The predicted molar refractivity (Wildman–Crippen MR) is 87.6 cm³/mol. The lowest BCUT2D eigenvalue weighted by Gasteiger charge is -2.22. The largest absolute Gasteiger partial charge is 0.354 e. The van der Waals surface area contributed by atoms with Crippen molar-refractivity contribution in [1.29, 1.82) is 5.26 Å². The number of hydrogen-bond acceptors (Lipinski definition) is 6. The smallest absolute Gasteiger partial charge is 0.183 e. The van der Waals surface area contributed by atoms with Crippen molar-refractivity contribution >= 4 is 5.82 Å². The summed E-state index contributed by atoms with van der Waals surface area (Å²) in [6.07, 6.45) is 8.04. The van der Waals surface area contributed by atoms with Crippen LogP contribution >= 0.6 is 0 Å². The molecule has 118 valence electrons. The normalized spacial score (nSPS) is 17.4. The van der Waals surface area contributed by atoms with Gasteiger partial charge in [0.25, 0.3) is 0 Å². The first kappa shape index (κ1) is 15.4. The van der Waals surface area contributed by atoms with Crippen LogP contribution in [0.2, 0.25) is 0 Å². The first-order valence-corrected chi connectivity index (χ1v) is 7.79. The van der Waals surface area contributed by atoms with E-state index in [4.69, 9.17) is 5.26 Å². The van der Waals surface area contributed by atoms with Crippen LogP contribution in [0, 0.1) is 17.2 Å². The number of anilines is 1. The van der Waals surface area contributed by atoms with E-state index in [-0.39, 0.29) is 0 Å². The molecule has 6 nitrogen and oxygen atoms in total. The Morgan fingerprint density at radius 3 is 3.00 bits per heavy atom. The molecule has 0 amide bonds. The maximum absolute atomic E-state index is 9.16. The molecule has 0 saturated carbocycles. The van der Waals surface area contributed by atoms with Gasteiger partial charge in [0.1, 0.15) is 6.07 Å². The standard InChI is InChI=1S/C17H20N6/c1-22(11-14-3-2-5-19-10-14)12-15-4-8-23(13-15)17-16(9-18)20-6-7-21-17/h2-3,5-7,10,15H,4,8,11-13H2,1H3/t15-/m0/s1.